The van der Waals surface area contributed by atoms with Crippen molar-refractivity contribution in [1.29, 1.82) is 0 Å². The van der Waals surface area contributed by atoms with Crippen molar-refractivity contribution < 1.29 is 33.0 Å². The van der Waals surface area contributed by atoms with Crippen LogP contribution in [-0.4, -0.2) is 57.7 Å². The normalized spacial score (nSPS) is 15.3. The van der Waals surface area contributed by atoms with Crippen LogP contribution in [0.1, 0.15) is 40.6 Å². The Balaban J connectivity index is 1.72. The summed E-state index contributed by atoms with van der Waals surface area (Å²) in [7, 11) is 3.02. The topological polar surface area (TPSA) is 119 Å². The van der Waals surface area contributed by atoms with Gasteiger partial charge in [0.2, 0.25) is 11.8 Å². The summed E-state index contributed by atoms with van der Waals surface area (Å²) >= 11 is 0. The number of carbonyl (C=O) groups is 3. The van der Waals surface area contributed by atoms with Crippen molar-refractivity contribution in [3.63, 3.8) is 0 Å². The molecule has 3 aromatic rings. The Bertz CT molecular complexity index is 1290. The summed E-state index contributed by atoms with van der Waals surface area (Å²) in [6.07, 6.45) is 3.07. The highest BCUT2D eigenvalue weighted by Gasteiger charge is 2.35. The molecule has 3 amide bonds. The number of nitrogens with one attached hydrogen (secondary N) is 2. The van der Waals surface area contributed by atoms with Gasteiger partial charge < -0.3 is 29.3 Å². The van der Waals surface area contributed by atoms with E-state index in [2.05, 4.69) is 10.6 Å². The molecule has 0 radical (unpaired) electrons. The number of amides is 3. The zero-order valence-corrected chi connectivity index (χ0v) is 22.3. The van der Waals surface area contributed by atoms with Gasteiger partial charge in [0.25, 0.3) is 5.91 Å². The summed E-state index contributed by atoms with van der Waals surface area (Å²) < 4.78 is 21.7. The summed E-state index contributed by atoms with van der Waals surface area (Å²) in [4.78, 5) is 41.6. The first-order valence-electron chi connectivity index (χ1n) is 12.7. The molecule has 2 atom stereocenters. The van der Waals surface area contributed by atoms with Crippen molar-refractivity contribution in [3.8, 4) is 11.5 Å². The van der Waals surface area contributed by atoms with Gasteiger partial charge in [0, 0.05) is 18.8 Å². The molecular weight excluding hydrogens is 502 g/mol. The molecule has 1 aliphatic rings. The van der Waals surface area contributed by atoms with Gasteiger partial charge in [-0.15, -0.1) is 0 Å². The minimum absolute atomic E-state index is 0.0796. The van der Waals surface area contributed by atoms with Gasteiger partial charge in [-0.3, -0.25) is 19.3 Å². The predicted octanol–water partition coefficient (Wildman–Crippen LogP) is 3.40. The fourth-order valence-corrected chi connectivity index (χ4v) is 4.54. The Morgan fingerprint density at radius 1 is 1.03 bits per heavy atom. The lowest BCUT2D eigenvalue weighted by Crippen LogP contribution is -2.48. The molecule has 0 saturated carbocycles. The van der Waals surface area contributed by atoms with Crippen LogP contribution < -0.4 is 25.0 Å². The highest BCUT2D eigenvalue weighted by molar-refractivity contribution is 6.04. The van der Waals surface area contributed by atoms with Gasteiger partial charge in [-0.1, -0.05) is 24.3 Å². The largest absolute Gasteiger partial charge is 0.493 e. The molecule has 1 saturated heterocycles. The Morgan fingerprint density at radius 2 is 1.82 bits per heavy atom. The average Bonchev–Trinajstić information content (AvgIpc) is 3.68. The zero-order chi connectivity index (χ0) is 27.8. The van der Waals surface area contributed by atoms with E-state index in [1.807, 2.05) is 19.1 Å². The van der Waals surface area contributed by atoms with Crippen molar-refractivity contribution in [1.82, 2.24) is 10.6 Å². The molecule has 1 aromatic heterocycles. The molecule has 2 aromatic carbocycles. The van der Waals surface area contributed by atoms with E-state index < -0.39 is 23.8 Å². The maximum atomic E-state index is 13.9. The first kappa shape index (κ1) is 27.7. The highest BCUT2D eigenvalue weighted by Crippen LogP contribution is 2.35. The zero-order valence-electron chi connectivity index (χ0n) is 22.3. The third-order valence-electron chi connectivity index (χ3n) is 6.55. The lowest BCUT2D eigenvalue weighted by molar-refractivity contribution is -0.126. The van der Waals surface area contributed by atoms with Crippen LogP contribution in [0.3, 0.4) is 0 Å². The molecule has 10 nitrogen and oxygen atoms in total. The van der Waals surface area contributed by atoms with Gasteiger partial charge in [-0.2, -0.15) is 0 Å². The van der Waals surface area contributed by atoms with E-state index in [0.717, 1.165) is 18.4 Å². The van der Waals surface area contributed by atoms with Crippen LogP contribution in [-0.2, 0) is 14.3 Å². The molecule has 0 unspecified atom stereocenters. The molecule has 1 aliphatic heterocycles. The van der Waals surface area contributed by atoms with Crippen LogP contribution in [0.5, 0.6) is 11.5 Å². The van der Waals surface area contributed by atoms with Crippen LogP contribution >= 0.6 is 0 Å². The summed E-state index contributed by atoms with van der Waals surface area (Å²) in [6, 6.07) is 14.4. The van der Waals surface area contributed by atoms with Gasteiger partial charge in [-0.25, -0.2) is 0 Å². The van der Waals surface area contributed by atoms with Crippen molar-refractivity contribution in [2.45, 2.75) is 31.9 Å². The Hall–Kier alpha value is -4.31. The second kappa shape index (κ2) is 13.0. The van der Waals surface area contributed by atoms with Crippen molar-refractivity contribution in [2.75, 3.05) is 38.8 Å². The number of carbonyl (C=O) groups excluding carboxylic acids is 3. The molecule has 4 rings (SSSR count). The standard InChI is InChI=1S/C29H33N3O7/c1-19-8-4-5-10-22(19)32(26(33)18-31-28(34)24-11-7-15-39-24)27(29(35)30-17-21-9-6-14-38-21)20-12-13-23(36-2)25(16-20)37-3/h4-5,7-8,10-13,15-16,21,27H,6,9,14,17-18H2,1-3H3,(H,30,35)(H,31,34)/t21-,27+/m0/s1. The number of para-hydroxylation sites is 1. The maximum Gasteiger partial charge on any atom is 0.287 e. The summed E-state index contributed by atoms with van der Waals surface area (Å²) in [5, 5.41) is 5.57. The smallest absolute Gasteiger partial charge is 0.287 e. The van der Waals surface area contributed by atoms with E-state index in [1.54, 1.807) is 36.4 Å². The van der Waals surface area contributed by atoms with Crippen LogP contribution in [0.4, 0.5) is 5.69 Å². The molecule has 0 bridgehead atoms. The maximum absolute atomic E-state index is 13.9. The van der Waals surface area contributed by atoms with Gasteiger partial charge in [0.05, 0.1) is 33.1 Å². The van der Waals surface area contributed by atoms with Crippen LogP contribution in [0.15, 0.2) is 65.3 Å². The number of rotatable bonds is 11. The molecule has 1 fully saturated rings. The lowest BCUT2D eigenvalue weighted by atomic mass is 10.0. The average molecular weight is 536 g/mol. The number of anilines is 1. The molecule has 39 heavy (non-hydrogen) atoms. The second-order valence-corrected chi connectivity index (χ2v) is 9.11. The van der Waals surface area contributed by atoms with E-state index in [-0.39, 0.29) is 18.4 Å². The molecule has 0 aliphatic carbocycles. The molecular formula is C29H33N3O7. The number of nitrogens with zero attached hydrogens (tertiary/aromatic N) is 1. The van der Waals surface area contributed by atoms with Gasteiger partial charge in [0.15, 0.2) is 17.3 Å². The lowest BCUT2D eigenvalue weighted by Gasteiger charge is -2.33. The quantitative estimate of drug-likeness (QED) is 0.386. The van der Waals surface area contributed by atoms with Crippen molar-refractivity contribution >= 4 is 23.4 Å². The minimum atomic E-state index is -1.08. The van der Waals surface area contributed by atoms with Crippen LogP contribution in [0, 0.1) is 6.92 Å². The number of hydrogen-bond donors (Lipinski definition) is 2. The minimum Gasteiger partial charge on any atom is -0.493 e. The summed E-state index contributed by atoms with van der Waals surface area (Å²) in [5.74, 6) is -0.447. The fraction of sp³-hybridized carbons (Fsp3) is 0.345. The highest BCUT2D eigenvalue weighted by atomic mass is 16.5. The van der Waals surface area contributed by atoms with Crippen LogP contribution in [0.25, 0.3) is 0 Å². The Labute approximate surface area is 227 Å². The number of furan rings is 1. The second-order valence-electron chi connectivity index (χ2n) is 9.11. The van der Waals surface area contributed by atoms with Crippen molar-refractivity contribution in [3.05, 3.63) is 77.7 Å². The van der Waals surface area contributed by atoms with Crippen LogP contribution in [0.2, 0.25) is 0 Å². The van der Waals surface area contributed by atoms with Crippen molar-refractivity contribution in [2.24, 2.45) is 0 Å². The van der Waals surface area contributed by atoms with E-state index in [4.69, 9.17) is 18.6 Å². The number of aryl methyl sites for hydroxylation is 1. The number of benzene rings is 2. The SMILES string of the molecule is COc1ccc([C@H](C(=O)NC[C@@H]2CCCO2)N(C(=O)CNC(=O)c2ccco2)c2ccccc2C)cc1OC. The van der Waals surface area contributed by atoms with E-state index in [1.165, 1.54) is 31.4 Å². The van der Waals surface area contributed by atoms with E-state index >= 15 is 0 Å². The molecule has 2 heterocycles. The third kappa shape index (κ3) is 6.58. The molecule has 0 spiro atoms. The number of methoxy groups -OCH3 is 2. The fourth-order valence-electron chi connectivity index (χ4n) is 4.54. The van der Waals surface area contributed by atoms with Gasteiger partial charge in [0.1, 0.15) is 6.04 Å². The van der Waals surface area contributed by atoms with E-state index in [0.29, 0.717) is 35.9 Å². The summed E-state index contributed by atoms with van der Waals surface area (Å²) in [6.45, 7) is 2.46. The van der Waals surface area contributed by atoms with Gasteiger partial charge >= 0.3 is 0 Å². The first-order chi connectivity index (χ1) is 18.9. The van der Waals surface area contributed by atoms with Gasteiger partial charge in [-0.05, 0) is 61.2 Å². The number of hydrogen-bond acceptors (Lipinski definition) is 7. The van der Waals surface area contributed by atoms with E-state index in [9.17, 15) is 14.4 Å². The molecule has 10 heteroatoms. The number of ether oxygens (including phenoxy) is 3. The Kier molecular flexibility index (Phi) is 9.22. The molecule has 2 N–H and O–H groups in total. The molecule has 206 valence electrons. The summed E-state index contributed by atoms with van der Waals surface area (Å²) in [5.41, 5.74) is 1.81. The predicted molar refractivity (Wildman–Crippen MR) is 144 cm³/mol. The third-order valence-corrected chi connectivity index (χ3v) is 6.55. The first-order valence-corrected chi connectivity index (χ1v) is 12.7. The monoisotopic (exact) mass is 535 g/mol. The Morgan fingerprint density at radius 3 is 2.49 bits per heavy atom.